The molecule has 0 saturated heterocycles. The van der Waals surface area contributed by atoms with E-state index in [1.54, 1.807) is 5.48 Å². The van der Waals surface area contributed by atoms with Crippen LogP contribution in [0.3, 0.4) is 0 Å². The predicted octanol–water partition coefficient (Wildman–Crippen LogP) is 1.67. The van der Waals surface area contributed by atoms with Crippen LogP contribution in [0, 0.1) is 6.92 Å². The van der Waals surface area contributed by atoms with E-state index < -0.39 is 73.7 Å². The molecule has 16 nitrogen and oxygen atoms in total. The van der Waals surface area contributed by atoms with Crippen molar-refractivity contribution in [3.05, 3.63) is 35.9 Å². The molecule has 0 fully saturated rings. The third-order valence-corrected chi connectivity index (χ3v) is 7.90. The molecule has 0 unspecified atom stereocenters. The van der Waals surface area contributed by atoms with E-state index in [9.17, 15) is 48.9 Å². The zero-order chi connectivity index (χ0) is 28.8. The first-order valence-corrected chi connectivity index (χ1v) is 14.3. The molecule has 0 atom stereocenters. The number of anilines is 5. The highest BCUT2D eigenvalue weighted by atomic mass is 32.2. The number of amides is 1. The fourth-order valence-corrected chi connectivity index (χ4v) is 5.67. The lowest BCUT2D eigenvalue weighted by molar-refractivity contribution is -0.114. The molecule has 0 aliphatic heterocycles. The number of hydrogen-bond donors (Lipinski definition) is 9. The van der Waals surface area contributed by atoms with E-state index in [2.05, 4.69) is 16.2 Å². The van der Waals surface area contributed by atoms with Crippen LogP contribution >= 0.6 is 0 Å². The lowest BCUT2D eigenvalue weighted by Gasteiger charge is -2.21. The molecule has 0 bridgehead atoms. The first-order valence-electron chi connectivity index (χ1n) is 10.0. The third-order valence-electron chi connectivity index (χ3n) is 5.22. The molecule has 1 amide bonds. The van der Waals surface area contributed by atoms with Gasteiger partial charge in [0.05, 0.1) is 17.1 Å². The lowest BCUT2D eigenvalue weighted by atomic mass is 10.0. The summed E-state index contributed by atoms with van der Waals surface area (Å²) >= 11 is 0. The van der Waals surface area contributed by atoms with E-state index in [0.29, 0.717) is 0 Å². The van der Waals surface area contributed by atoms with Gasteiger partial charge in [0, 0.05) is 18.0 Å². The van der Waals surface area contributed by atoms with Gasteiger partial charge in [-0.15, -0.1) is 0 Å². The molecular weight excluding hydrogens is 570 g/mol. The number of carbonyl (C=O) groups excluding carboxylic acids is 1. The van der Waals surface area contributed by atoms with Crippen molar-refractivity contribution < 1.29 is 48.9 Å². The molecule has 3 aromatic rings. The Hall–Kier alpha value is -3.72. The van der Waals surface area contributed by atoms with Gasteiger partial charge in [0.1, 0.15) is 20.4 Å². The van der Waals surface area contributed by atoms with E-state index in [1.807, 2.05) is 0 Å². The first-order chi connectivity index (χ1) is 17.4. The van der Waals surface area contributed by atoms with Crippen LogP contribution < -0.4 is 27.4 Å². The largest absolute Gasteiger partial charge is 0.397 e. The zero-order valence-corrected chi connectivity index (χ0v) is 21.8. The molecule has 0 radical (unpaired) electrons. The summed E-state index contributed by atoms with van der Waals surface area (Å²) in [4.78, 5) is 8.98. The molecule has 38 heavy (non-hydrogen) atoms. The summed E-state index contributed by atoms with van der Waals surface area (Å²) in [6.45, 7) is 2.47. The number of nitrogen functional groups attached to an aromatic ring is 1. The van der Waals surface area contributed by atoms with Crippen molar-refractivity contribution in [2.45, 2.75) is 28.5 Å². The topological polar surface area (TPSA) is 275 Å². The monoisotopic (exact) mass is 591 g/mol. The number of aryl methyl sites for hydroxylation is 1. The van der Waals surface area contributed by atoms with E-state index >= 15 is 0 Å². The van der Waals surface area contributed by atoms with Crippen molar-refractivity contribution in [1.29, 1.82) is 0 Å². The van der Waals surface area contributed by atoms with Gasteiger partial charge in [-0.2, -0.15) is 25.3 Å². The van der Waals surface area contributed by atoms with Gasteiger partial charge in [0.2, 0.25) is 5.91 Å². The molecule has 0 aliphatic rings. The molecule has 19 heteroatoms. The number of rotatable bonds is 8. The quantitative estimate of drug-likeness (QED) is 0.102. The van der Waals surface area contributed by atoms with Crippen LogP contribution in [0.15, 0.2) is 45.0 Å². The van der Waals surface area contributed by atoms with Crippen LogP contribution in [0.2, 0.25) is 0 Å². The summed E-state index contributed by atoms with van der Waals surface area (Å²) in [7, 11) is -14.8. The summed E-state index contributed by atoms with van der Waals surface area (Å²) in [6.07, 6.45) is 0. The smallest absolute Gasteiger partial charge is 0.296 e. The van der Waals surface area contributed by atoms with Gasteiger partial charge < -0.3 is 11.1 Å². The normalized spacial score (nSPS) is 12.3. The maximum Gasteiger partial charge on any atom is 0.296 e. The highest BCUT2D eigenvalue weighted by molar-refractivity contribution is 7.86. The molecule has 0 spiro atoms. The Bertz CT molecular complexity index is 1810. The van der Waals surface area contributed by atoms with E-state index in [0.717, 1.165) is 30.3 Å². The van der Waals surface area contributed by atoms with Gasteiger partial charge in [-0.05, 0) is 48.2 Å². The summed E-state index contributed by atoms with van der Waals surface area (Å²) in [5.74, 6) is -0.518. The van der Waals surface area contributed by atoms with Crippen molar-refractivity contribution in [1.82, 2.24) is 0 Å². The van der Waals surface area contributed by atoms with Gasteiger partial charge in [0.15, 0.2) is 0 Å². The van der Waals surface area contributed by atoms with E-state index in [4.69, 9.17) is 5.73 Å². The average molecular weight is 592 g/mol. The number of hydrazine groups is 1. The first kappa shape index (κ1) is 28.8. The maximum absolute atomic E-state index is 12.2. The number of carbonyl (C=O) groups is 1. The van der Waals surface area contributed by atoms with Gasteiger partial charge in [-0.3, -0.25) is 40.0 Å². The molecule has 3 rings (SSSR count). The Morgan fingerprint density at radius 2 is 1.37 bits per heavy atom. The van der Waals surface area contributed by atoms with Crippen molar-refractivity contribution in [3.63, 3.8) is 0 Å². The maximum atomic E-state index is 12.2. The lowest BCUT2D eigenvalue weighted by Crippen LogP contribution is -2.17. The number of hydrogen-bond acceptors (Lipinski definition) is 12. The van der Waals surface area contributed by atoms with Crippen molar-refractivity contribution >= 4 is 75.5 Å². The molecule has 0 aliphatic carbocycles. The molecule has 0 heterocycles. The van der Waals surface area contributed by atoms with Gasteiger partial charge >= 0.3 is 0 Å². The molecule has 3 aromatic carbocycles. The Labute approximate surface area is 216 Å². The Kier molecular flexibility index (Phi) is 7.49. The second kappa shape index (κ2) is 9.87. The predicted molar refractivity (Wildman–Crippen MR) is 136 cm³/mol. The number of benzene rings is 3. The van der Waals surface area contributed by atoms with Crippen LogP contribution in [0.4, 0.5) is 28.4 Å². The molecular formula is C19H21N5O11S3. The molecule has 206 valence electrons. The minimum absolute atomic E-state index is 0.0390. The highest BCUT2D eigenvalue weighted by Crippen LogP contribution is 2.42. The number of nitrogens with two attached hydrogens (primary N) is 1. The number of nitrogens with one attached hydrogen (secondary N) is 4. The summed E-state index contributed by atoms with van der Waals surface area (Å²) < 4.78 is 101. The Balaban J connectivity index is 2.31. The zero-order valence-electron chi connectivity index (χ0n) is 19.3. The van der Waals surface area contributed by atoms with Gasteiger partial charge in [0.25, 0.3) is 30.4 Å². The van der Waals surface area contributed by atoms with E-state index in [1.165, 1.54) is 13.8 Å². The second-order valence-electron chi connectivity index (χ2n) is 7.82. The summed E-state index contributed by atoms with van der Waals surface area (Å²) in [5.41, 5.74) is 10.3. The van der Waals surface area contributed by atoms with Crippen LogP contribution in [-0.2, 0) is 35.1 Å². The Morgan fingerprint density at radius 3 is 1.87 bits per heavy atom. The van der Waals surface area contributed by atoms with Gasteiger partial charge in [-0.1, -0.05) is 0 Å². The molecule has 0 saturated carbocycles. The summed E-state index contributed by atoms with van der Waals surface area (Å²) in [6, 6.07) is 4.77. The average Bonchev–Trinajstić information content (AvgIpc) is 2.76. The fraction of sp³-hybridized carbons (Fsp3) is 0.105. The van der Waals surface area contributed by atoms with Crippen molar-refractivity contribution in [2.75, 3.05) is 27.4 Å². The van der Waals surface area contributed by atoms with Crippen LogP contribution in [0.1, 0.15) is 12.5 Å². The third kappa shape index (κ3) is 5.72. The Morgan fingerprint density at radius 1 is 0.816 bits per heavy atom. The highest BCUT2D eigenvalue weighted by Gasteiger charge is 2.27. The SMILES string of the molecule is CC(=O)Nc1ccc(S(=O)(=O)O)c(NNc2c(S(=O)(=O)O)cc3cc(S(=O)(=O)O)c(N)c(C)c3c2NO)c1. The second-order valence-corrected chi connectivity index (χ2v) is 12.0. The molecule has 0 aromatic heterocycles. The molecule has 10 N–H and O–H groups in total. The van der Waals surface area contributed by atoms with Crippen molar-refractivity contribution in [3.8, 4) is 0 Å². The minimum atomic E-state index is -5.12. The fourth-order valence-electron chi connectivity index (χ4n) is 3.65. The van der Waals surface area contributed by atoms with Crippen LogP contribution in [0.5, 0.6) is 0 Å². The van der Waals surface area contributed by atoms with E-state index in [-0.39, 0.29) is 22.0 Å². The van der Waals surface area contributed by atoms with Gasteiger partial charge in [-0.25, -0.2) is 0 Å². The number of fused-ring (bicyclic) bond motifs is 1. The van der Waals surface area contributed by atoms with Crippen molar-refractivity contribution in [2.24, 2.45) is 0 Å². The minimum Gasteiger partial charge on any atom is -0.397 e. The van der Waals surface area contributed by atoms with Crippen LogP contribution in [0.25, 0.3) is 10.8 Å². The summed E-state index contributed by atoms with van der Waals surface area (Å²) in [5, 5.41) is 12.0. The standard InChI is InChI=1S/C19H21N5O11S3/c1-8-16-10(5-14(17(8)20)37(30,31)32)6-15(38(33,34)35)18(19(16)24-26)23-22-12-7-11(21-9(2)25)3-4-13(12)36(27,28)29/h3-7,22-24,26H,20H2,1-2H3,(H,21,25)(H,27,28,29)(H,30,31,32)(H,33,34,35). The van der Waals surface area contributed by atoms with Crippen LogP contribution in [-0.4, -0.2) is 50.0 Å².